The first-order valence-electron chi connectivity index (χ1n) is 12.9. The van der Waals surface area contributed by atoms with Crippen LogP contribution >= 0.6 is 11.3 Å². The van der Waals surface area contributed by atoms with Crippen LogP contribution in [-0.4, -0.2) is 81.4 Å². The number of rotatable bonds is 10. The maximum Gasteiger partial charge on any atom is 0.251 e. The molecule has 1 N–H and O–H groups in total. The van der Waals surface area contributed by atoms with Crippen LogP contribution in [0.2, 0.25) is 0 Å². The molecule has 1 aliphatic rings. The quantitative estimate of drug-likeness (QED) is 0.418. The molecule has 37 heavy (non-hydrogen) atoms. The number of hydrogen-bond donors (Lipinski definition) is 1. The predicted octanol–water partition coefficient (Wildman–Crippen LogP) is 3.89. The second-order valence-corrected chi connectivity index (χ2v) is 12.8. The number of carbonyl (C=O) groups is 1. The van der Waals surface area contributed by atoms with E-state index in [1.807, 2.05) is 6.92 Å². The number of anilines is 1. The second-order valence-electron chi connectivity index (χ2n) is 9.71. The number of piperazine rings is 1. The Labute approximate surface area is 224 Å². The van der Waals surface area contributed by atoms with E-state index in [2.05, 4.69) is 41.1 Å². The lowest BCUT2D eigenvalue weighted by Gasteiger charge is -2.34. The molecule has 0 unspecified atom stereocenters. The molecule has 8 nitrogen and oxygen atoms in total. The van der Waals surface area contributed by atoms with Crippen molar-refractivity contribution in [1.29, 1.82) is 0 Å². The first kappa shape index (κ1) is 27.5. The molecule has 10 heteroatoms. The molecule has 0 spiro atoms. The number of carbonyl (C=O) groups excluding carboxylic acids is 1. The van der Waals surface area contributed by atoms with E-state index in [4.69, 9.17) is 4.98 Å². The van der Waals surface area contributed by atoms with Crippen LogP contribution in [0.4, 0.5) is 5.13 Å². The summed E-state index contributed by atoms with van der Waals surface area (Å²) in [6, 6.07) is 10.6. The summed E-state index contributed by atoms with van der Waals surface area (Å²) in [5, 5.41) is 4.05. The maximum atomic E-state index is 12.7. The van der Waals surface area contributed by atoms with E-state index in [-0.39, 0.29) is 10.8 Å². The summed E-state index contributed by atoms with van der Waals surface area (Å²) in [6.07, 6.45) is 1.74. The molecule has 1 saturated heterocycles. The summed E-state index contributed by atoms with van der Waals surface area (Å²) in [5.41, 5.74) is 4.05. The Balaban J connectivity index is 1.24. The third kappa shape index (κ3) is 6.49. The van der Waals surface area contributed by atoms with Crippen molar-refractivity contribution in [3.05, 3.63) is 53.1 Å². The highest BCUT2D eigenvalue weighted by Crippen LogP contribution is 2.32. The van der Waals surface area contributed by atoms with Gasteiger partial charge in [-0.15, -0.1) is 0 Å². The van der Waals surface area contributed by atoms with E-state index >= 15 is 0 Å². The van der Waals surface area contributed by atoms with Gasteiger partial charge in [0.1, 0.15) is 0 Å². The Morgan fingerprint density at radius 2 is 1.81 bits per heavy atom. The Kier molecular flexibility index (Phi) is 8.84. The third-order valence-electron chi connectivity index (χ3n) is 6.83. The maximum absolute atomic E-state index is 12.7. The number of unbranched alkanes of at least 4 members (excludes halogenated alkanes) is 1. The van der Waals surface area contributed by atoms with Gasteiger partial charge < -0.3 is 10.2 Å². The van der Waals surface area contributed by atoms with Gasteiger partial charge in [-0.05, 0) is 61.7 Å². The molecule has 2 heterocycles. The molecule has 0 radical (unpaired) electrons. The number of aromatic nitrogens is 1. The molecule has 3 aromatic rings. The van der Waals surface area contributed by atoms with Crippen LogP contribution in [0.15, 0.2) is 41.3 Å². The van der Waals surface area contributed by atoms with Gasteiger partial charge in [-0.25, -0.2) is 17.7 Å². The Morgan fingerprint density at radius 1 is 1.11 bits per heavy atom. The van der Waals surface area contributed by atoms with Crippen LogP contribution in [0.5, 0.6) is 0 Å². The molecule has 200 valence electrons. The molecule has 1 amide bonds. The lowest BCUT2D eigenvalue weighted by molar-refractivity contribution is 0.0947. The molecule has 2 aromatic carbocycles. The van der Waals surface area contributed by atoms with E-state index in [1.165, 1.54) is 32.3 Å². The van der Waals surface area contributed by atoms with E-state index < -0.39 is 10.0 Å². The average Bonchev–Trinajstić information content (AvgIpc) is 3.32. The number of fused-ring (bicyclic) bond motifs is 1. The van der Waals surface area contributed by atoms with Gasteiger partial charge in [-0.1, -0.05) is 30.7 Å². The zero-order valence-corrected chi connectivity index (χ0v) is 23.8. The SMILES string of the molecule is CCCCN(C)S(=O)(=O)c1ccc(C(=O)NCCN2CCN(c3nc4c(C)cc(C)cc4s3)CC2)cc1. The van der Waals surface area contributed by atoms with Gasteiger partial charge in [-0.3, -0.25) is 9.69 Å². The third-order valence-corrected chi connectivity index (χ3v) is 9.76. The minimum absolute atomic E-state index is 0.193. The number of aryl methyl sites for hydroxylation is 2. The number of nitrogens with one attached hydrogen (secondary N) is 1. The van der Waals surface area contributed by atoms with Crippen LogP contribution in [0.3, 0.4) is 0 Å². The number of hydrogen-bond acceptors (Lipinski definition) is 7. The molecule has 0 bridgehead atoms. The monoisotopic (exact) mass is 543 g/mol. The van der Waals surface area contributed by atoms with Crippen molar-refractivity contribution >= 4 is 42.6 Å². The standard InChI is InChI=1S/C27H37N5O3S2/c1-5-6-12-30(4)37(34,35)23-9-7-22(8-10-23)26(33)28-11-13-31-14-16-32(17-15-31)27-29-25-21(3)18-20(2)19-24(25)36-27/h7-10,18-19H,5-6,11-17H2,1-4H3,(H,28,33). The highest BCUT2D eigenvalue weighted by atomic mass is 32.2. The Bertz CT molecular complexity index is 1330. The van der Waals surface area contributed by atoms with Crippen molar-refractivity contribution in [1.82, 2.24) is 19.5 Å². The van der Waals surface area contributed by atoms with Crippen LogP contribution in [0.1, 0.15) is 41.3 Å². The number of sulfonamides is 1. The van der Waals surface area contributed by atoms with Crippen molar-refractivity contribution < 1.29 is 13.2 Å². The van der Waals surface area contributed by atoms with Crippen molar-refractivity contribution in [2.45, 2.75) is 38.5 Å². The first-order chi connectivity index (χ1) is 17.7. The highest BCUT2D eigenvalue weighted by molar-refractivity contribution is 7.89. The van der Waals surface area contributed by atoms with Crippen LogP contribution in [-0.2, 0) is 10.0 Å². The topological polar surface area (TPSA) is 85.8 Å². The smallest absolute Gasteiger partial charge is 0.251 e. The first-order valence-corrected chi connectivity index (χ1v) is 15.1. The van der Waals surface area contributed by atoms with Gasteiger partial charge in [0.05, 0.1) is 15.1 Å². The molecule has 0 aliphatic carbocycles. The zero-order chi connectivity index (χ0) is 26.6. The fourth-order valence-corrected chi connectivity index (χ4v) is 6.95. The molecule has 4 rings (SSSR count). The summed E-state index contributed by atoms with van der Waals surface area (Å²) < 4.78 is 27.9. The van der Waals surface area contributed by atoms with Gasteiger partial charge in [0.2, 0.25) is 10.0 Å². The molecule has 1 aliphatic heterocycles. The van der Waals surface area contributed by atoms with Crippen molar-refractivity contribution in [2.24, 2.45) is 0 Å². The van der Waals surface area contributed by atoms with E-state index in [1.54, 1.807) is 30.5 Å². The fraction of sp³-hybridized carbons (Fsp3) is 0.481. The molecule has 1 fully saturated rings. The van der Waals surface area contributed by atoms with Crippen molar-refractivity contribution in [3.8, 4) is 0 Å². The fourth-order valence-electron chi connectivity index (χ4n) is 4.55. The second kappa shape index (κ2) is 11.9. The van der Waals surface area contributed by atoms with E-state index in [9.17, 15) is 13.2 Å². The molecular formula is C27H37N5O3S2. The largest absolute Gasteiger partial charge is 0.351 e. The molecule has 0 saturated carbocycles. The van der Waals surface area contributed by atoms with E-state index in [0.717, 1.165) is 56.2 Å². The average molecular weight is 544 g/mol. The van der Waals surface area contributed by atoms with Gasteiger partial charge in [0.25, 0.3) is 5.91 Å². The summed E-state index contributed by atoms with van der Waals surface area (Å²) >= 11 is 1.76. The van der Waals surface area contributed by atoms with Crippen molar-refractivity contribution in [3.63, 3.8) is 0 Å². The van der Waals surface area contributed by atoms with Crippen LogP contribution in [0, 0.1) is 13.8 Å². The number of benzene rings is 2. The summed E-state index contributed by atoms with van der Waals surface area (Å²) in [7, 11) is -1.95. The van der Waals surface area contributed by atoms with Gasteiger partial charge >= 0.3 is 0 Å². The minimum atomic E-state index is -3.53. The lowest BCUT2D eigenvalue weighted by Crippen LogP contribution is -2.48. The predicted molar refractivity (Wildman–Crippen MR) is 151 cm³/mol. The highest BCUT2D eigenvalue weighted by Gasteiger charge is 2.22. The minimum Gasteiger partial charge on any atom is -0.351 e. The Morgan fingerprint density at radius 3 is 2.49 bits per heavy atom. The van der Waals surface area contributed by atoms with Gasteiger partial charge in [0.15, 0.2) is 5.13 Å². The molecule has 1 aromatic heterocycles. The summed E-state index contributed by atoms with van der Waals surface area (Å²) in [6.45, 7) is 11.7. The molecule has 0 atom stereocenters. The van der Waals surface area contributed by atoms with E-state index in [0.29, 0.717) is 18.7 Å². The Hall–Kier alpha value is -2.53. The summed E-state index contributed by atoms with van der Waals surface area (Å²) in [5.74, 6) is -0.193. The van der Waals surface area contributed by atoms with Crippen LogP contribution < -0.4 is 10.2 Å². The van der Waals surface area contributed by atoms with Crippen LogP contribution in [0.25, 0.3) is 10.2 Å². The molecular weight excluding hydrogens is 506 g/mol. The van der Waals surface area contributed by atoms with Crippen molar-refractivity contribution in [2.75, 3.05) is 57.8 Å². The van der Waals surface area contributed by atoms with Gasteiger partial charge in [0, 0.05) is 58.4 Å². The van der Waals surface area contributed by atoms with Gasteiger partial charge in [-0.2, -0.15) is 0 Å². The number of amides is 1. The number of thiazole rings is 1. The summed E-state index contributed by atoms with van der Waals surface area (Å²) in [4.78, 5) is 22.4. The number of nitrogens with zero attached hydrogens (tertiary/aromatic N) is 4. The zero-order valence-electron chi connectivity index (χ0n) is 22.2. The normalized spacial score (nSPS) is 15.0. The lowest BCUT2D eigenvalue weighted by atomic mass is 10.1.